The van der Waals surface area contributed by atoms with Crippen molar-refractivity contribution in [2.45, 2.75) is 26.8 Å². The number of rotatable bonds is 3. The molecule has 1 aromatic heterocycles. The molecule has 98 valence electrons. The largest absolute Gasteiger partial charge is 0.394 e. The molecule has 1 heterocycles. The van der Waals surface area contributed by atoms with E-state index in [0.717, 1.165) is 6.07 Å². The van der Waals surface area contributed by atoms with E-state index in [1.807, 2.05) is 20.8 Å². The Labute approximate surface area is 110 Å². The Morgan fingerprint density at radius 2 is 2.22 bits per heavy atom. The van der Waals surface area contributed by atoms with Gasteiger partial charge in [0.05, 0.1) is 18.2 Å². The molecule has 0 fully saturated rings. The van der Waals surface area contributed by atoms with E-state index in [-0.39, 0.29) is 34.6 Å². The van der Waals surface area contributed by atoms with Gasteiger partial charge in [-0.05, 0) is 11.5 Å². The number of hydrogen-bond acceptors (Lipinski definition) is 4. The van der Waals surface area contributed by atoms with Gasteiger partial charge in [-0.3, -0.25) is 0 Å². The first-order chi connectivity index (χ1) is 8.29. The summed E-state index contributed by atoms with van der Waals surface area (Å²) in [6.45, 7) is 5.56. The van der Waals surface area contributed by atoms with Crippen LogP contribution in [0, 0.1) is 22.6 Å². The maximum Gasteiger partial charge on any atom is 0.166 e. The van der Waals surface area contributed by atoms with Crippen LogP contribution in [0.1, 0.15) is 26.3 Å². The highest BCUT2D eigenvalue weighted by Gasteiger charge is 2.25. The van der Waals surface area contributed by atoms with Crippen LogP contribution in [0.2, 0.25) is 5.15 Å². The molecular weight excluding hydrogens is 257 g/mol. The molecule has 0 aromatic carbocycles. The van der Waals surface area contributed by atoms with Gasteiger partial charge < -0.3 is 10.4 Å². The Hall–Kier alpha value is -1.38. The zero-order chi connectivity index (χ0) is 13.9. The fraction of sp³-hybridized carbons (Fsp3) is 0.500. The Morgan fingerprint density at radius 1 is 1.61 bits per heavy atom. The van der Waals surface area contributed by atoms with Gasteiger partial charge in [0.15, 0.2) is 11.6 Å². The molecule has 0 aliphatic rings. The molecule has 6 heteroatoms. The van der Waals surface area contributed by atoms with Crippen molar-refractivity contribution in [1.82, 2.24) is 4.98 Å². The van der Waals surface area contributed by atoms with Crippen LogP contribution in [0.15, 0.2) is 6.07 Å². The number of aromatic nitrogens is 1. The number of halogens is 2. The first-order valence-electron chi connectivity index (χ1n) is 5.43. The van der Waals surface area contributed by atoms with Gasteiger partial charge >= 0.3 is 0 Å². The van der Waals surface area contributed by atoms with Crippen molar-refractivity contribution in [3.8, 4) is 6.07 Å². The highest BCUT2D eigenvalue weighted by molar-refractivity contribution is 6.30. The molecule has 0 spiro atoms. The second-order valence-electron chi connectivity index (χ2n) is 5.01. The predicted molar refractivity (Wildman–Crippen MR) is 67.9 cm³/mol. The van der Waals surface area contributed by atoms with Crippen LogP contribution in [0.3, 0.4) is 0 Å². The number of aliphatic hydroxyl groups is 1. The van der Waals surface area contributed by atoms with E-state index in [0.29, 0.717) is 0 Å². The van der Waals surface area contributed by atoms with Gasteiger partial charge in [-0.1, -0.05) is 32.4 Å². The van der Waals surface area contributed by atoms with Gasteiger partial charge in [-0.2, -0.15) is 5.26 Å². The van der Waals surface area contributed by atoms with Gasteiger partial charge in [-0.25, -0.2) is 9.37 Å². The van der Waals surface area contributed by atoms with Crippen molar-refractivity contribution in [2.24, 2.45) is 5.41 Å². The highest BCUT2D eigenvalue weighted by atomic mass is 35.5. The number of nitriles is 1. The van der Waals surface area contributed by atoms with Gasteiger partial charge in [-0.15, -0.1) is 0 Å². The Morgan fingerprint density at radius 3 is 2.67 bits per heavy atom. The maximum atomic E-state index is 13.7. The molecule has 1 atom stereocenters. The minimum atomic E-state index is -0.668. The lowest BCUT2D eigenvalue weighted by Crippen LogP contribution is -2.37. The third-order valence-corrected chi connectivity index (χ3v) is 2.88. The fourth-order valence-corrected chi connectivity index (χ4v) is 1.53. The number of nitrogens with zero attached hydrogens (tertiary/aromatic N) is 2. The Kier molecular flexibility index (Phi) is 4.49. The number of hydrogen-bond donors (Lipinski definition) is 2. The van der Waals surface area contributed by atoms with Crippen molar-refractivity contribution in [2.75, 3.05) is 11.9 Å². The molecule has 1 aromatic rings. The molecular formula is C12H15ClFN3O. The van der Waals surface area contributed by atoms with Crippen molar-refractivity contribution < 1.29 is 9.50 Å². The number of pyridine rings is 1. The summed E-state index contributed by atoms with van der Waals surface area (Å²) < 4.78 is 13.7. The van der Waals surface area contributed by atoms with E-state index in [1.54, 1.807) is 6.07 Å². The number of nitrogens with one attached hydrogen (secondary N) is 1. The SMILES string of the molecule is CC(C)(C)[C@@H](CO)Nc1nc(Cl)c(C#N)cc1F. The molecule has 18 heavy (non-hydrogen) atoms. The molecule has 0 saturated heterocycles. The molecule has 1 rings (SSSR count). The zero-order valence-electron chi connectivity index (χ0n) is 10.5. The summed E-state index contributed by atoms with van der Waals surface area (Å²) in [4.78, 5) is 3.79. The van der Waals surface area contributed by atoms with Crippen LogP contribution >= 0.6 is 11.6 Å². The van der Waals surface area contributed by atoms with Crippen molar-refractivity contribution in [3.63, 3.8) is 0 Å². The Balaban J connectivity index is 3.05. The summed E-state index contributed by atoms with van der Waals surface area (Å²) in [5, 5.41) is 20.7. The van der Waals surface area contributed by atoms with Crippen molar-refractivity contribution in [1.29, 1.82) is 5.26 Å². The van der Waals surface area contributed by atoms with E-state index < -0.39 is 5.82 Å². The molecule has 0 bridgehead atoms. The summed E-state index contributed by atoms with van der Waals surface area (Å²) in [5.41, 5.74) is -0.292. The van der Waals surface area contributed by atoms with Gasteiger partial charge in [0, 0.05) is 0 Å². The predicted octanol–water partition coefficient (Wildman–Crippen LogP) is 2.56. The lowest BCUT2D eigenvalue weighted by Gasteiger charge is -2.30. The molecule has 2 N–H and O–H groups in total. The van der Waals surface area contributed by atoms with Crippen molar-refractivity contribution >= 4 is 17.4 Å². The topological polar surface area (TPSA) is 68.9 Å². The third kappa shape index (κ3) is 3.31. The molecule has 0 saturated carbocycles. The summed E-state index contributed by atoms with van der Waals surface area (Å²) in [5.74, 6) is -0.730. The van der Waals surface area contributed by atoms with Gasteiger partial charge in [0.2, 0.25) is 0 Å². The van der Waals surface area contributed by atoms with Gasteiger partial charge in [0.25, 0.3) is 0 Å². The monoisotopic (exact) mass is 271 g/mol. The van der Waals surface area contributed by atoms with E-state index in [9.17, 15) is 9.50 Å². The quantitative estimate of drug-likeness (QED) is 0.829. The van der Waals surface area contributed by atoms with E-state index in [4.69, 9.17) is 16.9 Å². The molecule has 0 aliphatic carbocycles. The summed E-state index contributed by atoms with van der Waals surface area (Å²) in [6.07, 6.45) is 0. The molecule has 0 unspecified atom stereocenters. The van der Waals surface area contributed by atoms with Crippen LogP contribution in [0.25, 0.3) is 0 Å². The standard InChI is InChI=1S/C12H15ClFN3O/c1-12(2,3)9(6-18)16-11-8(14)4-7(5-15)10(13)17-11/h4,9,18H,6H2,1-3H3,(H,16,17)/t9-/m1/s1. The minimum Gasteiger partial charge on any atom is -0.394 e. The molecule has 4 nitrogen and oxygen atoms in total. The van der Waals surface area contributed by atoms with E-state index in [1.165, 1.54) is 0 Å². The van der Waals surface area contributed by atoms with Gasteiger partial charge in [0.1, 0.15) is 11.2 Å². The molecule has 0 radical (unpaired) electrons. The third-order valence-electron chi connectivity index (χ3n) is 2.59. The van der Waals surface area contributed by atoms with Crippen LogP contribution in [-0.2, 0) is 0 Å². The number of anilines is 1. The van der Waals surface area contributed by atoms with Crippen LogP contribution in [-0.4, -0.2) is 22.7 Å². The van der Waals surface area contributed by atoms with Crippen LogP contribution in [0.5, 0.6) is 0 Å². The van der Waals surface area contributed by atoms with Crippen molar-refractivity contribution in [3.05, 3.63) is 22.6 Å². The Bertz CT molecular complexity index is 479. The first kappa shape index (κ1) is 14.7. The van der Waals surface area contributed by atoms with E-state index in [2.05, 4.69) is 10.3 Å². The number of aliphatic hydroxyl groups excluding tert-OH is 1. The average molecular weight is 272 g/mol. The maximum absolute atomic E-state index is 13.7. The van der Waals surface area contributed by atoms with E-state index >= 15 is 0 Å². The zero-order valence-corrected chi connectivity index (χ0v) is 11.2. The first-order valence-corrected chi connectivity index (χ1v) is 5.81. The second-order valence-corrected chi connectivity index (χ2v) is 5.37. The molecule has 0 aliphatic heterocycles. The van der Waals surface area contributed by atoms with Crippen LogP contribution in [0.4, 0.5) is 10.2 Å². The summed E-state index contributed by atoms with van der Waals surface area (Å²) in [6, 6.07) is 2.40. The fourth-order valence-electron chi connectivity index (χ4n) is 1.35. The minimum absolute atomic E-state index is 0.0176. The summed E-state index contributed by atoms with van der Waals surface area (Å²) in [7, 11) is 0. The smallest absolute Gasteiger partial charge is 0.166 e. The second kappa shape index (κ2) is 5.51. The lowest BCUT2D eigenvalue weighted by molar-refractivity contribution is 0.201. The van der Waals surface area contributed by atoms with Crippen LogP contribution < -0.4 is 5.32 Å². The average Bonchev–Trinajstić information content (AvgIpc) is 2.27. The highest BCUT2D eigenvalue weighted by Crippen LogP contribution is 2.25. The molecule has 0 amide bonds. The normalized spacial score (nSPS) is 12.9. The summed E-state index contributed by atoms with van der Waals surface area (Å²) >= 11 is 5.74. The lowest BCUT2D eigenvalue weighted by atomic mass is 9.87.